The first-order chi connectivity index (χ1) is 19.4. The first-order valence-electron chi connectivity index (χ1n) is 13.4. The fourth-order valence-electron chi connectivity index (χ4n) is 5.16. The molecule has 0 fully saturated rings. The lowest BCUT2D eigenvalue weighted by atomic mass is 9.74. The minimum Gasteiger partial charge on any atom is -0.489 e. The lowest BCUT2D eigenvalue weighted by Gasteiger charge is -2.33. The van der Waals surface area contributed by atoms with Crippen molar-refractivity contribution in [1.82, 2.24) is 0 Å². The first kappa shape index (κ1) is 27.4. The molecule has 0 saturated carbocycles. The van der Waals surface area contributed by atoms with Crippen molar-refractivity contribution in [2.75, 3.05) is 11.1 Å². The second-order valence-electron chi connectivity index (χ2n) is 10.1. The molecule has 0 bridgehead atoms. The number of hydrogen-bond donors (Lipinski definition) is 1. The van der Waals surface area contributed by atoms with Gasteiger partial charge in [0, 0.05) is 29.3 Å². The van der Waals surface area contributed by atoms with Crippen LogP contribution in [0.4, 0.5) is 5.69 Å². The van der Waals surface area contributed by atoms with Gasteiger partial charge in [0.05, 0.1) is 16.9 Å². The smallest absolute Gasteiger partial charge is 0.234 e. The molecule has 1 N–H and O–H groups in total. The Morgan fingerprint density at radius 3 is 2.58 bits per heavy atom. The van der Waals surface area contributed by atoms with Gasteiger partial charge in [-0.1, -0.05) is 66.4 Å². The van der Waals surface area contributed by atoms with Crippen LogP contribution in [0.25, 0.3) is 0 Å². The molecule has 0 aromatic heterocycles. The first-order valence-corrected chi connectivity index (χ1v) is 14.4. The molecule has 3 aromatic carbocycles. The molecule has 0 radical (unpaired) electrons. The van der Waals surface area contributed by atoms with Crippen molar-refractivity contribution < 1.29 is 14.3 Å². The van der Waals surface area contributed by atoms with Gasteiger partial charge >= 0.3 is 0 Å². The minimum absolute atomic E-state index is 0.0522. The van der Waals surface area contributed by atoms with Crippen molar-refractivity contribution in [3.05, 3.63) is 106 Å². The number of anilines is 1. The number of Topliss-reactive ketones (excluding diaryl/α,β-unsaturated/α-hetero) is 1. The van der Waals surface area contributed by atoms with Gasteiger partial charge < -0.3 is 10.1 Å². The SMILES string of the molecule is Cc1cccc(NC(=O)CSC2=NC3=C(C(=O)CCC3)[C@H](c3ccc(OCc4ccccc4)cc3)C2C#N)c1C. The quantitative estimate of drug-likeness (QED) is 0.346. The fourth-order valence-corrected chi connectivity index (χ4v) is 6.06. The molecule has 2 atom stereocenters. The van der Waals surface area contributed by atoms with Gasteiger partial charge in [0.2, 0.25) is 5.91 Å². The second kappa shape index (κ2) is 12.4. The van der Waals surface area contributed by atoms with Gasteiger partial charge in [0.1, 0.15) is 18.3 Å². The number of nitriles is 1. The van der Waals surface area contributed by atoms with E-state index in [-0.39, 0.29) is 17.4 Å². The third-order valence-electron chi connectivity index (χ3n) is 7.44. The Balaban J connectivity index is 1.35. The predicted octanol–water partition coefficient (Wildman–Crippen LogP) is 6.90. The molecule has 5 rings (SSSR count). The number of ether oxygens (including phenoxy) is 1. The Morgan fingerprint density at radius 1 is 1.05 bits per heavy atom. The highest BCUT2D eigenvalue weighted by Crippen LogP contribution is 2.45. The molecule has 1 aliphatic carbocycles. The molecule has 1 unspecified atom stereocenters. The molecule has 0 saturated heterocycles. The lowest BCUT2D eigenvalue weighted by molar-refractivity contribution is -0.116. The van der Waals surface area contributed by atoms with E-state index in [0.717, 1.165) is 40.1 Å². The summed E-state index contributed by atoms with van der Waals surface area (Å²) >= 11 is 1.28. The number of carbonyl (C=O) groups excluding carboxylic acids is 2. The topological polar surface area (TPSA) is 91.6 Å². The molecular weight excluding hydrogens is 518 g/mol. The standard InChI is InChI=1S/C33H31N3O3S/c1-21-8-6-11-27(22(21)2)35-30(38)20-40-33-26(18-34)31(32-28(36-33)12-7-13-29(32)37)24-14-16-25(17-15-24)39-19-23-9-4-3-5-10-23/h3-6,8-11,14-17,26,31H,7,12-13,19-20H2,1-2H3,(H,35,38)/t26?,31-/m1/s1. The molecule has 0 spiro atoms. The van der Waals surface area contributed by atoms with E-state index in [2.05, 4.69) is 11.4 Å². The molecule has 1 heterocycles. The van der Waals surface area contributed by atoms with Crippen molar-refractivity contribution >= 4 is 34.2 Å². The summed E-state index contributed by atoms with van der Waals surface area (Å²) in [6, 6.07) is 25.8. The van der Waals surface area contributed by atoms with E-state index in [1.165, 1.54) is 11.8 Å². The number of ketones is 1. The summed E-state index contributed by atoms with van der Waals surface area (Å²) in [5, 5.41) is 13.9. The van der Waals surface area contributed by atoms with Crippen LogP contribution in [-0.2, 0) is 16.2 Å². The summed E-state index contributed by atoms with van der Waals surface area (Å²) in [7, 11) is 0. The highest BCUT2D eigenvalue weighted by molar-refractivity contribution is 8.14. The van der Waals surface area contributed by atoms with E-state index < -0.39 is 11.8 Å². The summed E-state index contributed by atoms with van der Waals surface area (Å²) in [6.07, 6.45) is 1.89. The average molecular weight is 550 g/mol. The third-order valence-corrected chi connectivity index (χ3v) is 8.49. The van der Waals surface area contributed by atoms with E-state index in [4.69, 9.17) is 9.73 Å². The van der Waals surface area contributed by atoms with Gasteiger partial charge in [0.25, 0.3) is 0 Å². The maximum absolute atomic E-state index is 13.1. The maximum Gasteiger partial charge on any atom is 0.234 e. The van der Waals surface area contributed by atoms with Crippen LogP contribution in [0.5, 0.6) is 5.75 Å². The van der Waals surface area contributed by atoms with E-state index in [1.54, 1.807) is 0 Å². The Labute approximate surface area is 239 Å². The number of aryl methyl sites for hydroxylation is 1. The van der Waals surface area contributed by atoms with Gasteiger partial charge in [0.15, 0.2) is 5.78 Å². The minimum atomic E-state index is -0.657. The second-order valence-corrected chi connectivity index (χ2v) is 11.1. The van der Waals surface area contributed by atoms with Crippen LogP contribution < -0.4 is 10.1 Å². The van der Waals surface area contributed by atoms with E-state index >= 15 is 0 Å². The van der Waals surface area contributed by atoms with Crippen molar-refractivity contribution in [2.24, 2.45) is 10.9 Å². The van der Waals surface area contributed by atoms with Gasteiger partial charge in [-0.3, -0.25) is 9.59 Å². The van der Waals surface area contributed by atoms with Crippen LogP contribution >= 0.6 is 11.8 Å². The zero-order valence-corrected chi connectivity index (χ0v) is 23.5. The van der Waals surface area contributed by atoms with Crippen LogP contribution in [0.2, 0.25) is 0 Å². The molecule has 1 aliphatic heterocycles. The highest BCUT2D eigenvalue weighted by atomic mass is 32.2. The van der Waals surface area contributed by atoms with Crippen LogP contribution in [0, 0.1) is 31.1 Å². The number of allylic oxidation sites excluding steroid dienone is 2. The summed E-state index contributed by atoms with van der Waals surface area (Å²) in [5.74, 6) is -0.355. The van der Waals surface area contributed by atoms with E-state index in [1.807, 2.05) is 86.6 Å². The average Bonchev–Trinajstić information content (AvgIpc) is 2.97. The Morgan fingerprint density at radius 2 is 1.82 bits per heavy atom. The van der Waals surface area contributed by atoms with Crippen LogP contribution in [0.1, 0.15) is 47.4 Å². The van der Waals surface area contributed by atoms with Crippen LogP contribution in [-0.4, -0.2) is 22.5 Å². The number of carbonyl (C=O) groups is 2. The molecule has 7 heteroatoms. The number of hydrogen-bond acceptors (Lipinski definition) is 6. The van der Waals surface area contributed by atoms with Gasteiger partial charge in [-0.15, -0.1) is 0 Å². The normalized spacial score (nSPS) is 18.4. The summed E-state index contributed by atoms with van der Waals surface area (Å²) in [6.45, 7) is 4.44. The molecule has 202 valence electrons. The van der Waals surface area contributed by atoms with Crippen molar-refractivity contribution in [2.45, 2.75) is 45.6 Å². The lowest BCUT2D eigenvalue weighted by Crippen LogP contribution is -2.31. The Kier molecular flexibility index (Phi) is 8.47. The summed E-state index contributed by atoms with van der Waals surface area (Å²) in [5.41, 5.74) is 6.24. The van der Waals surface area contributed by atoms with Crippen LogP contribution in [0.3, 0.4) is 0 Å². The zero-order chi connectivity index (χ0) is 28.1. The largest absolute Gasteiger partial charge is 0.489 e. The van der Waals surface area contributed by atoms with Gasteiger partial charge in [-0.25, -0.2) is 4.99 Å². The number of amides is 1. The van der Waals surface area contributed by atoms with E-state index in [9.17, 15) is 14.9 Å². The van der Waals surface area contributed by atoms with Crippen molar-refractivity contribution in [1.29, 1.82) is 5.26 Å². The van der Waals surface area contributed by atoms with Gasteiger partial charge in [-0.05, 0) is 67.1 Å². The maximum atomic E-state index is 13.1. The molecule has 6 nitrogen and oxygen atoms in total. The molecule has 2 aliphatic rings. The molecule has 3 aromatic rings. The number of rotatable bonds is 7. The summed E-state index contributed by atoms with van der Waals surface area (Å²) in [4.78, 5) is 30.7. The van der Waals surface area contributed by atoms with E-state index in [0.29, 0.717) is 35.8 Å². The number of aliphatic imine (C=N–C) groups is 1. The van der Waals surface area contributed by atoms with Crippen LogP contribution in [0.15, 0.2) is 89.1 Å². The Bertz CT molecular complexity index is 1520. The highest BCUT2D eigenvalue weighted by Gasteiger charge is 2.40. The monoisotopic (exact) mass is 549 g/mol. The molecule has 40 heavy (non-hydrogen) atoms. The molecule has 1 amide bonds. The van der Waals surface area contributed by atoms with Crippen molar-refractivity contribution in [3.63, 3.8) is 0 Å². The Hall–Kier alpha value is -4.15. The summed E-state index contributed by atoms with van der Waals surface area (Å²) < 4.78 is 5.95. The molecular formula is C33H31N3O3S. The number of thioether (sulfide) groups is 1. The predicted molar refractivity (Wildman–Crippen MR) is 159 cm³/mol. The number of benzene rings is 3. The fraction of sp³-hybridized carbons (Fsp3) is 0.273. The third kappa shape index (κ3) is 6.03. The van der Waals surface area contributed by atoms with Gasteiger partial charge in [-0.2, -0.15) is 5.26 Å². The van der Waals surface area contributed by atoms with Crippen molar-refractivity contribution in [3.8, 4) is 11.8 Å². The zero-order valence-electron chi connectivity index (χ0n) is 22.6. The number of nitrogens with zero attached hydrogens (tertiary/aromatic N) is 2. The number of nitrogens with one attached hydrogen (secondary N) is 1.